The van der Waals surface area contributed by atoms with E-state index in [1.165, 1.54) is 0 Å². The average molecular weight is 337 g/mol. The highest BCUT2D eigenvalue weighted by atomic mass is 35.5. The van der Waals surface area contributed by atoms with Crippen LogP contribution in [0.4, 0.5) is 0 Å². The molecule has 23 heavy (non-hydrogen) atoms. The monoisotopic (exact) mass is 336 g/mol. The molecule has 1 fully saturated rings. The van der Waals surface area contributed by atoms with Crippen molar-refractivity contribution in [3.05, 3.63) is 34.9 Å². The molecule has 0 heterocycles. The van der Waals surface area contributed by atoms with Gasteiger partial charge in [0.2, 0.25) is 5.91 Å². The third kappa shape index (κ3) is 5.54. The fourth-order valence-electron chi connectivity index (χ4n) is 2.92. The molecule has 4 nitrogen and oxygen atoms in total. The summed E-state index contributed by atoms with van der Waals surface area (Å²) in [5.74, 6) is 0.00153. The number of carbonyl (C=O) groups is 2. The Labute approximate surface area is 143 Å². The highest BCUT2D eigenvalue weighted by molar-refractivity contribution is 6.30. The fraction of sp³-hybridized carbons (Fsp3) is 0.556. The quantitative estimate of drug-likeness (QED) is 0.834. The van der Waals surface area contributed by atoms with E-state index in [1.807, 2.05) is 13.8 Å². The topological polar surface area (TPSA) is 58.2 Å². The Kier molecular flexibility index (Phi) is 6.46. The minimum atomic E-state index is -0.501. The third-order valence-corrected chi connectivity index (χ3v) is 4.39. The zero-order valence-corrected chi connectivity index (χ0v) is 14.5. The summed E-state index contributed by atoms with van der Waals surface area (Å²) < 4.78 is 0. The standard InChI is InChI=1S/C18H25ClN2O2/c1-12(2)11-16(18(23)20-15-5-3-4-6-15)21-17(22)13-7-9-14(19)10-8-13/h7-10,12,15-16H,3-6,11H2,1-2H3,(H,20,23)(H,21,22)/t16-/m0/s1. The van der Waals surface area contributed by atoms with Crippen LogP contribution in [0.5, 0.6) is 0 Å². The Bertz CT molecular complexity index is 536. The highest BCUT2D eigenvalue weighted by Gasteiger charge is 2.25. The summed E-state index contributed by atoms with van der Waals surface area (Å²) >= 11 is 5.84. The van der Waals surface area contributed by atoms with Crippen LogP contribution in [0, 0.1) is 5.92 Å². The lowest BCUT2D eigenvalue weighted by molar-refractivity contribution is -0.124. The van der Waals surface area contributed by atoms with Gasteiger partial charge >= 0.3 is 0 Å². The second-order valence-electron chi connectivity index (χ2n) is 6.65. The molecule has 126 valence electrons. The summed E-state index contributed by atoms with van der Waals surface area (Å²) in [6.45, 7) is 4.09. The first kappa shape index (κ1) is 17.8. The number of amides is 2. The largest absolute Gasteiger partial charge is 0.352 e. The van der Waals surface area contributed by atoms with Gasteiger partial charge in [0.1, 0.15) is 6.04 Å². The SMILES string of the molecule is CC(C)C[C@H](NC(=O)c1ccc(Cl)cc1)C(=O)NC1CCCC1. The highest BCUT2D eigenvalue weighted by Crippen LogP contribution is 2.18. The fourth-order valence-corrected chi connectivity index (χ4v) is 3.04. The smallest absolute Gasteiger partial charge is 0.251 e. The van der Waals surface area contributed by atoms with E-state index in [2.05, 4.69) is 10.6 Å². The predicted molar refractivity (Wildman–Crippen MR) is 92.6 cm³/mol. The summed E-state index contributed by atoms with van der Waals surface area (Å²) in [5.41, 5.74) is 0.511. The molecule has 1 aliphatic carbocycles. The Balaban J connectivity index is 2.00. The molecule has 2 N–H and O–H groups in total. The molecule has 0 bridgehead atoms. The van der Waals surface area contributed by atoms with Crippen LogP contribution in [0.1, 0.15) is 56.3 Å². The lowest BCUT2D eigenvalue weighted by Gasteiger charge is -2.22. The average Bonchev–Trinajstić information content (AvgIpc) is 2.99. The summed E-state index contributed by atoms with van der Waals surface area (Å²) in [6, 6.07) is 6.43. The van der Waals surface area contributed by atoms with Gasteiger partial charge in [-0.25, -0.2) is 0 Å². The zero-order valence-electron chi connectivity index (χ0n) is 13.8. The van der Waals surface area contributed by atoms with Crippen LogP contribution in [0.15, 0.2) is 24.3 Å². The lowest BCUT2D eigenvalue weighted by Crippen LogP contribution is -2.49. The van der Waals surface area contributed by atoms with Crippen LogP contribution in [0.2, 0.25) is 5.02 Å². The first-order chi connectivity index (χ1) is 11.0. The summed E-state index contributed by atoms with van der Waals surface area (Å²) in [5, 5.41) is 6.52. The normalized spacial score (nSPS) is 16.3. The lowest BCUT2D eigenvalue weighted by atomic mass is 10.0. The number of halogens is 1. The van der Waals surface area contributed by atoms with Crippen LogP contribution < -0.4 is 10.6 Å². The summed E-state index contributed by atoms with van der Waals surface area (Å²) in [6.07, 6.45) is 5.02. The Morgan fingerprint density at radius 1 is 1.17 bits per heavy atom. The minimum Gasteiger partial charge on any atom is -0.352 e. The van der Waals surface area contributed by atoms with E-state index in [4.69, 9.17) is 11.6 Å². The molecule has 1 atom stereocenters. The molecule has 1 aliphatic rings. The van der Waals surface area contributed by atoms with Crippen LogP contribution in [-0.2, 0) is 4.79 Å². The van der Waals surface area contributed by atoms with E-state index in [9.17, 15) is 9.59 Å². The van der Waals surface area contributed by atoms with E-state index in [1.54, 1.807) is 24.3 Å². The molecule has 2 rings (SSSR count). The van der Waals surface area contributed by atoms with E-state index < -0.39 is 6.04 Å². The molecule has 0 saturated heterocycles. The third-order valence-electron chi connectivity index (χ3n) is 4.14. The molecule has 0 radical (unpaired) electrons. The van der Waals surface area contributed by atoms with Crippen LogP contribution >= 0.6 is 11.6 Å². The number of hydrogen-bond acceptors (Lipinski definition) is 2. The van der Waals surface area contributed by atoms with Gasteiger partial charge in [0.25, 0.3) is 5.91 Å². The van der Waals surface area contributed by atoms with Crippen molar-refractivity contribution in [3.63, 3.8) is 0 Å². The Hall–Kier alpha value is -1.55. The van der Waals surface area contributed by atoms with Gasteiger partial charge < -0.3 is 10.6 Å². The number of hydrogen-bond donors (Lipinski definition) is 2. The molecule has 0 spiro atoms. The van der Waals surface area contributed by atoms with Gasteiger partial charge in [0.05, 0.1) is 0 Å². The maximum absolute atomic E-state index is 12.5. The molecular weight excluding hydrogens is 312 g/mol. The van der Waals surface area contributed by atoms with Crippen molar-refractivity contribution in [1.29, 1.82) is 0 Å². The Morgan fingerprint density at radius 2 is 1.78 bits per heavy atom. The molecule has 1 aromatic rings. The second kappa shape index (κ2) is 8.34. The van der Waals surface area contributed by atoms with Crippen LogP contribution in [0.25, 0.3) is 0 Å². The van der Waals surface area contributed by atoms with Gasteiger partial charge in [0, 0.05) is 16.6 Å². The van der Waals surface area contributed by atoms with Crippen molar-refractivity contribution < 1.29 is 9.59 Å². The van der Waals surface area contributed by atoms with Gasteiger partial charge in [0.15, 0.2) is 0 Å². The number of benzene rings is 1. The first-order valence-corrected chi connectivity index (χ1v) is 8.70. The molecule has 5 heteroatoms. The van der Waals surface area contributed by atoms with E-state index in [0.29, 0.717) is 22.9 Å². The van der Waals surface area contributed by atoms with Crippen molar-refractivity contribution in [3.8, 4) is 0 Å². The molecular formula is C18H25ClN2O2. The molecule has 0 aliphatic heterocycles. The van der Waals surface area contributed by atoms with Crippen LogP contribution in [-0.4, -0.2) is 23.9 Å². The number of carbonyl (C=O) groups excluding carboxylic acids is 2. The first-order valence-electron chi connectivity index (χ1n) is 8.32. The number of rotatable bonds is 6. The van der Waals surface area contributed by atoms with Gasteiger partial charge in [-0.15, -0.1) is 0 Å². The van der Waals surface area contributed by atoms with Gasteiger partial charge in [-0.2, -0.15) is 0 Å². The van der Waals surface area contributed by atoms with Crippen molar-refractivity contribution in [2.75, 3.05) is 0 Å². The van der Waals surface area contributed by atoms with E-state index >= 15 is 0 Å². The minimum absolute atomic E-state index is 0.0760. The molecule has 2 amide bonds. The van der Waals surface area contributed by atoms with Crippen molar-refractivity contribution in [1.82, 2.24) is 10.6 Å². The molecule has 0 unspecified atom stereocenters. The van der Waals surface area contributed by atoms with E-state index in [-0.39, 0.29) is 17.9 Å². The second-order valence-corrected chi connectivity index (χ2v) is 7.09. The van der Waals surface area contributed by atoms with Crippen molar-refractivity contribution >= 4 is 23.4 Å². The summed E-state index contributed by atoms with van der Waals surface area (Å²) in [7, 11) is 0. The molecule has 1 aromatic carbocycles. The molecule has 1 saturated carbocycles. The molecule has 0 aromatic heterocycles. The maximum atomic E-state index is 12.5. The zero-order chi connectivity index (χ0) is 16.8. The Morgan fingerprint density at radius 3 is 2.35 bits per heavy atom. The predicted octanol–water partition coefficient (Wildman–Crippen LogP) is 3.54. The van der Waals surface area contributed by atoms with Gasteiger partial charge in [-0.1, -0.05) is 38.3 Å². The summed E-state index contributed by atoms with van der Waals surface area (Å²) in [4.78, 5) is 24.9. The van der Waals surface area contributed by atoms with E-state index in [0.717, 1.165) is 25.7 Å². The van der Waals surface area contributed by atoms with Gasteiger partial charge in [-0.05, 0) is 49.4 Å². The number of nitrogens with one attached hydrogen (secondary N) is 2. The van der Waals surface area contributed by atoms with Crippen LogP contribution in [0.3, 0.4) is 0 Å². The maximum Gasteiger partial charge on any atom is 0.251 e. The van der Waals surface area contributed by atoms with Gasteiger partial charge in [-0.3, -0.25) is 9.59 Å². The van der Waals surface area contributed by atoms with Crippen molar-refractivity contribution in [2.45, 2.75) is 58.0 Å². The van der Waals surface area contributed by atoms with Crippen molar-refractivity contribution in [2.24, 2.45) is 5.92 Å².